The van der Waals surface area contributed by atoms with Crippen molar-refractivity contribution in [2.75, 3.05) is 0 Å². The molecule has 0 saturated carbocycles. The maximum Gasteiger partial charge on any atom is 0.179 e. The minimum atomic E-state index is -3.17. The maximum absolute atomic E-state index is 6.53. The van der Waals surface area contributed by atoms with Gasteiger partial charge in [-0.2, -0.15) is 0 Å². The third-order valence-electron chi connectivity index (χ3n) is 14.2. The molecule has 10 aromatic carbocycles. The van der Waals surface area contributed by atoms with Crippen LogP contribution in [0, 0.1) is 0 Å². The highest BCUT2D eigenvalue weighted by molar-refractivity contribution is 7.20. The first-order valence-corrected chi connectivity index (χ1v) is 24.4. The fourth-order valence-electron chi connectivity index (χ4n) is 11.6. The zero-order valence-corrected chi connectivity index (χ0v) is 36.2. The van der Waals surface area contributed by atoms with Crippen LogP contribution in [-0.4, -0.2) is 8.07 Å². The van der Waals surface area contributed by atoms with Crippen molar-refractivity contribution >= 4 is 50.8 Å². The maximum atomic E-state index is 6.53. The molecule has 2 unspecified atom stereocenters. The van der Waals surface area contributed by atoms with Crippen LogP contribution in [0.5, 0.6) is 0 Å². The Bertz CT molecular complexity index is 3490. The van der Waals surface area contributed by atoms with Crippen LogP contribution in [0.2, 0.25) is 0 Å². The Morgan fingerprint density at radius 1 is 0.312 bits per heavy atom. The SMILES string of the molecule is c1ccc(-c2cccc([Si](c3ccccc3)(c3cccc(-c4ccccc4)c3)c3cccc4c3C3c5ccccc5C4c4cccc(-c5cccc6oc7ccccc7c56)c43)c2)cc1. The Morgan fingerprint density at radius 2 is 0.781 bits per heavy atom. The summed E-state index contributed by atoms with van der Waals surface area (Å²) in [4.78, 5) is 0. The van der Waals surface area contributed by atoms with Crippen LogP contribution in [0.1, 0.15) is 45.2 Å². The number of benzene rings is 10. The predicted octanol–water partition coefficient (Wildman–Crippen LogP) is 13.0. The molecule has 0 fully saturated rings. The second kappa shape index (κ2) is 14.7. The molecule has 64 heavy (non-hydrogen) atoms. The molecule has 0 spiro atoms. The summed E-state index contributed by atoms with van der Waals surface area (Å²) in [5.74, 6) is 0.0809. The lowest BCUT2D eigenvalue weighted by atomic mass is 9.60. The van der Waals surface area contributed by atoms with Gasteiger partial charge in [0, 0.05) is 22.6 Å². The Balaban J connectivity index is 1.15. The van der Waals surface area contributed by atoms with Crippen molar-refractivity contribution in [1.82, 2.24) is 0 Å². The van der Waals surface area contributed by atoms with E-state index in [2.05, 4.69) is 243 Å². The highest BCUT2D eigenvalue weighted by Crippen LogP contribution is 2.58. The van der Waals surface area contributed by atoms with Crippen LogP contribution in [0.3, 0.4) is 0 Å². The molecule has 11 aromatic rings. The summed E-state index contributed by atoms with van der Waals surface area (Å²) in [6, 6.07) is 91.1. The van der Waals surface area contributed by atoms with Gasteiger partial charge >= 0.3 is 0 Å². The largest absolute Gasteiger partial charge is 0.456 e. The molecule has 0 aliphatic heterocycles. The smallest absolute Gasteiger partial charge is 0.179 e. The third-order valence-corrected chi connectivity index (χ3v) is 19.0. The zero-order valence-electron chi connectivity index (χ0n) is 35.2. The minimum Gasteiger partial charge on any atom is -0.456 e. The number of fused-ring (bicyclic) bond motifs is 3. The molecule has 1 heterocycles. The molecule has 2 bridgehead atoms. The molecule has 3 aliphatic carbocycles. The van der Waals surface area contributed by atoms with Gasteiger partial charge in [0.05, 0.1) is 0 Å². The van der Waals surface area contributed by atoms with Gasteiger partial charge in [-0.25, -0.2) is 0 Å². The van der Waals surface area contributed by atoms with Gasteiger partial charge in [0.25, 0.3) is 0 Å². The molecule has 1 nitrogen and oxygen atoms in total. The van der Waals surface area contributed by atoms with Crippen LogP contribution in [0.25, 0.3) is 55.3 Å². The van der Waals surface area contributed by atoms with Crippen molar-refractivity contribution in [1.29, 1.82) is 0 Å². The lowest BCUT2D eigenvalue weighted by molar-refractivity contribution is 0.669. The molecular formula is C62H42OSi. The van der Waals surface area contributed by atoms with Crippen LogP contribution < -0.4 is 20.7 Å². The van der Waals surface area contributed by atoms with E-state index in [4.69, 9.17) is 4.42 Å². The van der Waals surface area contributed by atoms with Crippen LogP contribution >= 0.6 is 0 Å². The standard InChI is InChI=1S/C62H42OSi/c1-4-19-41(20-5-1)43-23-14-27-46(39-43)64(45-25-8-3-9-26-45,47-28-15-24-44(40-47)42-21-6-2-7-22-42)57-38-18-35-54-58-48-29-10-11-30-51(48)62(61(54)57)60-50(32-16-34-53(58)60)49-33-17-37-56-59(49)52-31-12-13-36-55(52)63-56/h1-40,58,62H. The Hall–Kier alpha value is -7.78. The van der Waals surface area contributed by atoms with Crippen molar-refractivity contribution < 1.29 is 4.42 Å². The van der Waals surface area contributed by atoms with E-state index >= 15 is 0 Å². The van der Waals surface area contributed by atoms with E-state index < -0.39 is 8.07 Å². The predicted molar refractivity (Wildman–Crippen MR) is 268 cm³/mol. The highest BCUT2D eigenvalue weighted by Gasteiger charge is 2.50. The lowest BCUT2D eigenvalue weighted by Crippen LogP contribution is -2.75. The van der Waals surface area contributed by atoms with Gasteiger partial charge in [0.1, 0.15) is 11.2 Å². The first-order chi connectivity index (χ1) is 31.8. The van der Waals surface area contributed by atoms with Gasteiger partial charge in [-0.1, -0.05) is 231 Å². The van der Waals surface area contributed by atoms with Gasteiger partial charge < -0.3 is 4.42 Å². The van der Waals surface area contributed by atoms with E-state index in [1.54, 1.807) is 0 Å². The first kappa shape index (κ1) is 36.8. The van der Waals surface area contributed by atoms with E-state index in [0.717, 1.165) is 16.6 Å². The monoisotopic (exact) mass is 830 g/mol. The molecule has 0 N–H and O–H groups in total. The van der Waals surface area contributed by atoms with Crippen LogP contribution in [0.4, 0.5) is 0 Å². The summed E-state index contributed by atoms with van der Waals surface area (Å²) in [7, 11) is -3.17. The second-order valence-corrected chi connectivity index (χ2v) is 21.2. The summed E-state index contributed by atoms with van der Waals surface area (Å²) in [5, 5.41) is 7.90. The molecule has 2 atom stereocenters. The van der Waals surface area contributed by atoms with Gasteiger partial charge in [0.15, 0.2) is 8.07 Å². The van der Waals surface area contributed by atoms with E-state index in [9.17, 15) is 0 Å². The molecule has 3 aliphatic rings. The number of furan rings is 1. The van der Waals surface area contributed by atoms with Gasteiger partial charge in [-0.15, -0.1) is 0 Å². The summed E-state index contributed by atoms with van der Waals surface area (Å²) in [5.41, 5.74) is 17.8. The van der Waals surface area contributed by atoms with Crippen molar-refractivity contribution in [3.05, 3.63) is 276 Å². The highest BCUT2D eigenvalue weighted by atomic mass is 28.3. The number of hydrogen-bond acceptors (Lipinski definition) is 1. The van der Waals surface area contributed by atoms with Crippen molar-refractivity contribution in [3.8, 4) is 33.4 Å². The van der Waals surface area contributed by atoms with Gasteiger partial charge in [0.2, 0.25) is 0 Å². The molecule has 300 valence electrons. The van der Waals surface area contributed by atoms with E-state index in [-0.39, 0.29) is 11.8 Å². The Kier molecular flexibility index (Phi) is 8.44. The Labute approximate surface area is 374 Å². The average Bonchev–Trinajstić information content (AvgIpc) is 3.77. The topological polar surface area (TPSA) is 13.1 Å². The molecule has 0 radical (unpaired) electrons. The molecular weight excluding hydrogens is 789 g/mol. The third kappa shape index (κ3) is 5.43. The average molecular weight is 831 g/mol. The van der Waals surface area contributed by atoms with Crippen LogP contribution in [0.15, 0.2) is 247 Å². The molecule has 14 rings (SSSR count). The van der Waals surface area contributed by atoms with Gasteiger partial charge in [-0.3, -0.25) is 0 Å². The fourth-order valence-corrected chi connectivity index (χ4v) is 16.8. The van der Waals surface area contributed by atoms with E-state index in [1.165, 1.54) is 92.9 Å². The Morgan fingerprint density at radius 3 is 1.47 bits per heavy atom. The van der Waals surface area contributed by atoms with Crippen molar-refractivity contribution in [3.63, 3.8) is 0 Å². The number of rotatable bonds is 7. The van der Waals surface area contributed by atoms with Crippen molar-refractivity contribution in [2.45, 2.75) is 11.8 Å². The normalized spacial score (nSPS) is 14.9. The fraction of sp³-hybridized carbons (Fsp3) is 0.0323. The lowest BCUT2D eigenvalue weighted by Gasteiger charge is -2.47. The molecule has 0 saturated heterocycles. The number of para-hydroxylation sites is 1. The van der Waals surface area contributed by atoms with E-state index in [1.807, 2.05) is 0 Å². The second-order valence-electron chi connectivity index (χ2n) is 17.4. The minimum absolute atomic E-state index is 0.00257. The molecule has 1 aromatic heterocycles. The van der Waals surface area contributed by atoms with Crippen LogP contribution in [-0.2, 0) is 0 Å². The summed E-state index contributed by atoms with van der Waals surface area (Å²) < 4.78 is 6.53. The van der Waals surface area contributed by atoms with Gasteiger partial charge in [-0.05, 0) is 99.6 Å². The number of hydrogen-bond donors (Lipinski definition) is 0. The zero-order chi connectivity index (χ0) is 42.2. The first-order valence-electron chi connectivity index (χ1n) is 22.4. The summed E-state index contributed by atoms with van der Waals surface area (Å²) >= 11 is 0. The summed E-state index contributed by atoms with van der Waals surface area (Å²) in [6.45, 7) is 0. The quantitative estimate of drug-likeness (QED) is 0.115. The molecule has 0 amide bonds. The van der Waals surface area contributed by atoms with Crippen molar-refractivity contribution in [2.24, 2.45) is 0 Å². The molecule has 2 heteroatoms. The van der Waals surface area contributed by atoms with E-state index in [0.29, 0.717) is 0 Å². The summed E-state index contributed by atoms with van der Waals surface area (Å²) in [6.07, 6.45) is 0.